The largest absolute Gasteiger partial charge is 0.490 e. The van der Waals surface area contributed by atoms with Crippen LogP contribution in [0.1, 0.15) is 19.4 Å². The molecule has 0 aliphatic heterocycles. The molecule has 2 aromatic carbocycles. The molecule has 5 nitrogen and oxygen atoms in total. The molecule has 0 saturated heterocycles. The fourth-order valence-electron chi connectivity index (χ4n) is 2.22. The minimum absolute atomic E-state index is 0.196. The van der Waals surface area contributed by atoms with Crippen molar-refractivity contribution in [2.24, 2.45) is 0 Å². The van der Waals surface area contributed by atoms with E-state index in [1.54, 1.807) is 13.8 Å². The number of rotatable bonds is 7. The number of ether oxygens (including phenoxy) is 2. The highest BCUT2D eigenvalue weighted by molar-refractivity contribution is 7.92. The first-order chi connectivity index (χ1) is 12.2. The Morgan fingerprint density at radius 2 is 1.58 bits per heavy atom. The van der Waals surface area contributed by atoms with Crippen molar-refractivity contribution in [2.75, 3.05) is 17.9 Å². The molecule has 0 aliphatic rings. The molecule has 0 aromatic heterocycles. The lowest BCUT2D eigenvalue weighted by atomic mass is 10.2. The minimum Gasteiger partial charge on any atom is -0.490 e. The van der Waals surface area contributed by atoms with Gasteiger partial charge in [-0.15, -0.1) is 0 Å². The van der Waals surface area contributed by atoms with Crippen molar-refractivity contribution in [1.82, 2.24) is 0 Å². The number of para-hydroxylation sites is 1. The van der Waals surface area contributed by atoms with Gasteiger partial charge >= 0.3 is 6.18 Å². The lowest BCUT2D eigenvalue weighted by molar-refractivity contribution is -0.136. The number of nitrogens with one attached hydrogen (secondary N) is 1. The maximum atomic E-state index is 13.1. The van der Waals surface area contributed by atoms with E-state index < -0.39 is 27.5 Å². The number of alkyl halides is 3. The molecule has 0 spiro atoms. The van der Waals surface area contributed by atoms with Crippen LogP contribution in [0.2, 0.25) is 0 Å². The van der Waals surface area contributed by atoms with Gasteiger partial charge in [-0.25, -0.2) is 8.42 Å². The molecule has 0 aliphatic carbocycles. The molecule has 0 heterocycles. The molecule has 1 N–H and O–H groups in total. The Hall–Kier alpha value is -2.42. The van der Waals surface area contributed by atoms with Gasteiger partial charge in [-0.3, -0.25) is 4.72 Å². The monoisotopic (exact) mass is 389 g/mol. The third kappa shape index (κ3) is 4.60. The van der Waals surface area contributed by atoms with E-state index in [2.05, 4.69) is 0 Å². The van der Waals surface area contributed by atoms with E-state index in [1.165, 1.54) is 30.3 Å². The van der Waals surface area contributed by atoms with Crippen molar-refractivity contribution in [3.8, 4) is 11.5 Å². The van der Waals surface area contributed by atoms with Crippen molar-refractivity contribution in [3.63, 3.8) is 0 Å². The predicted octanol–water partition coefficient (Wildman–Crippen LogP) is 4.30. The molecule has 142 valence electrons. The van der Waals surface area contributed by atoms with Gasteiger partial charge in [0.25, 0.3) is 10.0 Å². The van der Waals surface area contributed by atoms with E-state index in [9.17, 15) is 21.6 Å². The average molecular weight is 389 g/mol. The normalized spacial score (nSPS) is 11.9. The molecule has 0 atom stereocenters. The Morgan fingerprint density at radius 1 is 0.962 bits per heavy atom. The van der Waals surface area contributed by atoms with E-state index in [4.69, 9.17) is 9.47 Å². The molecule has 2 rings (SSSR count). The smallest absolute Gasteiger partial charge is 0.418 e. The van der Waals surface area contributed by atoms with Gasteiger partial charge in [0, 0.05) is 6.07 Å². The lowest BCUT2D eigenvalue weighted by Crippen LogP contribution is -2.17. The van der Waals surface area contributed by atoms with Gasteiger partial charge < -0.3 is 9.47 Å². The van der Waals surface area contributed by atoms with Crippen LogP contribution in [0.5, 0.6) is 11.5 Å². The number of sulfonamides is 1. The van der Waals surface area contributed by atoms with Gasteiger partial charge in [0.1, 0.15) is 0 Å². The zero-order valence-electron chi connectivity index (χ0n) is 14.1. The second-order valence-electron chi connectivity index (χ2n) is 5.12. The van der Waals surface area contributed by atoms with Crippen LogP contribution in [0.25, 0.3) is 0 Å². The second kappa shape index (κ2) is 7.86. The zero-order chi connectivity index (χ0) is 19.4. The van der Waals surface area contributed by atoms with Crippen LogP contribution in [0, 0.1) is 0 Å². The summed E-state index contributed by atoms with van der Waals surface area (Å²) < 4.78 is 76.9. The number of halogens is 3. The number of anilines is 1. The van der Waals surface area contributed by atoms with Crippen LogP contribution >= 0.6 is 0 Å². The fourth-order valence-corrected chi connectivity index (χ4v) is 3.32. The summed E-state index contributed by atoms with van der Waals surface area (Å²) >= 11 is 0. The summed E-state index contributed by atoms with van der Waals surface area (Å²) in [4.78, 5) is -0.235. The third-order valence-electron chi connectivity index (χ3n) is 3.30. The third-order valence-corrected chi connectivity index (χ3v) is 4.67. The van der Waals surface area contributed by atoms with Gasteiger partial charge in [0.05, 0.1) is 29.4 Å². The van der Waals surface area contributed by atoms with E-state index in [0.717, 1.165) is 12.1 Å². The number of hydrogen-bond donors (Lipinski definition) is 1. The van der Waals surface area contributed by atoms with Crippen molar-refractivity contribution in [1.29, 1.82) is 0 Å². The standard InChI is InChI=1S/C17H18F3NO4S/c1-3-24-15-10-9-12(11-16(15)25-4-2)26(22,23)21-14-8-6-5-7-13(14)17(18,19)20/h5-11,21H,3-4H2,1-2H3. The summed E-state index contributed by atoms with van der Waals surface area (Å²) in [5.74, 6) is 0.547. The first-order valence-corrected chi connectivity index (χ1v) is 9.26. The molecule has 9 heteroatoms. The van der Waals surface area contributed by atoms with Gasteiger partial charge in [0.2, 0.25) is 0 Å². The molecule has 0 bridgehead atoms. The topological polar surface area (TPSA) is 64.6 Å². The van der Waals surface area contributed by atoms with E-state index >= 15 is 0 Å². The molecule has 0 amide bonds. The van der Waals surface area contributed by atoms with Gasteiger partial charge in [-0.2, -0.15) is 13.2 Å². The Bertz CT molecular complexity index is 867. The average Bonchev–Trinajstić information content (AvgIpc) is 2.56. The first-order valence-electron chi connectivity index (χ1n) is 7.77. The van der Waals surface area contributed by atoms with Crippen molar-refractivity contribution in [2.45, 2.75) is 24.9 Å². The lowest BCUT2D eigenvalue weighted by Gasteiger charge is -2.16. The molecule has 0 fully saturated rings. The summed E-state index contributed by atoms with van der Waals surface area (Å²) in [6, 6.07) is 8.22. The van der Waals surface area contributed by atoms with Crippen LogP contribution in [0.15, 0.2) is 47.4 Å². The summed E-state index contributed by atoms with van der Waals surface area (Å²) in [5, 5.41) is 0. The van der Waals surface area contributed by atoms with Crippen LogP contribution < -0.4 is 14.2 Å². The SMILES string of the molecule is CCOc1ccc(S(=O)(=O)Nc2ccccc2C(F)(F)F)cc1OCC. The first kappa shape index (κ1) is 19.9. The maximum absolute atomic E-state index is 13.1. The van der Waals surface area contributed by atoms with E-state index in [1.807, 2.05) is 4.72 Å². The number of benzene rings is 2. The van der Waals surface area contributed by atoms with Gasteiger partial charge in [0.15, 0.2) is 11.5 Å². The fraction of sp³-hybridized carbons (Fsp3) is 0.294. The van der Waals surface area contributed by atoms with Crippen molar-refractivity contribution in [3.05, 3.63) is 48.0 Å². The van der Waals surface area contributed by atoms with Crippen molar-refractivity contribution >= 4 is 15.7 Å². The van der Waals surface area contributed by atoms with E-state index in [-0.39, 0.29) is 17.3 Å². The summed E-state index contributed by atoms with van der Waals surface area (Å²) in [5.41, 5.74) is -1.62. The van der Waals surface area contributed by atoms with Crippen LogP contribution in [-0.4, -0.2) is 21.6 Å². The van der Waals surface area contributed by atoms with Gasteiger partial charge in [-0.1, -0.05) is 12.1 Å². The van der Waals surface area contributed by atoms with Crippen molar-refractivity contribution < 1.29 is 31.1 Å². The Labute approximate surface area is 149 Å². The van der Waals surface area contributed by atoms with Crippen LogP contribution in [0.4, 0.5) is 18.9 Å². The molecular weight excluding hydrogens is 371 g/mol. The quantitative estimate of drug-likeness (QED) is 0.767. The Morgan fingerprint density at radius 3 is 2.19 bits per heavy atom. The molecule has 0 saturated carbocycles. The van der Waals surface area contributed by atoms with E-state index in [0.29, 0.717) is 12.4 Å². The zero-order valence-corrected chi connectivity index (χ0v) is 14.9. The highest BCUT2D eigenvalue weighted by Gasteiger charge is 2.34. The highest BCUT2D eigenvalue weighted by atomic mass is 32.2. The molecule has 2 aromatic rings. The van der Waals surface area contributed by atoms with Gasteiger partial charge in [-0.05, 0) is 38.1 Å². The Kier molecular flexibility index (Phi) is 6.01. The molecule has 0 radical (unpaired) electrons. The number of hydrogen-bond acceptors (Lipinski definition) is 4. The Balaban J connectivity index is 2.41. The van der Waals surface area contributed by atoms with Crippen LogP contribution in [-0.2, 0) is 16.2 Å². The maximum Gasteiger partial charge on any atom is 0.418 e. The minimum atomic E-state index is -4.69. The predicted molar refractivity (Wildman–Crippen MR) is 91.0 cm³/mol. The molecular formula is C17H18F3NO4S. The highest BCUT2D eigenvalue weighted by Crippen LogP contribution is 2.36. The summed E-state index contributed by atoms with van der Waals surface area (Å²) in [7, 11) is -4.25. The molecule has 26 heavy (non-hydrogen) atoms. The van der Waals surface area contributed by atoms with Crippen LogP contribution in [0.3, 0.4) is 0 Å². The summed E-state index contributed by atoms with van der Waals surface area (Å²) in [6.45, 7) is 4.10. The molecule has 0 unspecified atom stereocenters. The second-order valence-corrected chi connectivity index (χ2v) is 6.81. The summed E-state index contributed by atoms with van der Waals surface area (Å²) in [6.07, 6.45) is -4.69.